The van der Waals surface area contributed by atoms with Gasteiger partial charge in [0.15, 0.2) is 6.29 Å². The molecule has 0 bridgehead atoms. The first kappa shape index (κ1) is 12.8. The zero-order chi connectivity index (χ0) is 14.1. The standard InChI is InChI=1S/C16H12ClNO2/c1-20-12-7-8-13-14(10-19)16(17)18(15(13)9-12)11-5-3-2-4-6-11/h2-10H,1H3. The first-order valence-corrected chi connectivity index (χ1v) is 6.52. The Morgan fingerprint density at radius 3 is 2.55 bits per heavy atom. The van der Waals surface area contributed by atoms with Gasteiger partial charge in [-0.25, -0.2) is 0 Å². The second kappa shape index (κ2) is 5.02. The van der Waals surface area contributed by atoms with Crippen molar-refractivity contribution in [2.75, 3.05) is 7.11 Å². The first-order chi connectivity index (χ1) is 9.76. The summed E-state index contributed by atoms with van der Waals surface area (Å²) in [5.74, 6) is 0.723. The minimum absolute atomic E-state index is 0.412. The van der Waals surface area contributed by atoms with Gasteiger partial charge in [0.2, 0.25) is 0 Å². The number of carbonyl (C=O) groups excluding carboxylic acids is 1. The molecule has 0 saturated carbocycles. The van der Waals surface area contributed by atoms with Gasteiger partial charge in [-0.2, -0.15) is 0 Å². The quantitative estimate of drug-likeness (QED) is 0.678. The summed E-state index contributed by atoms with van der Waals surface area (Å²) in [5.41, 5.74) is 2.25. The van der Waals surface area contributed by atoms with E-state index in [-0.39, 0.29) is 0 Å². The summed E-state index contributed by atoms with van der Waals surface area (Å²) in [6.45, 7) is 0. The zero-order valence-electron chi connectivity index (χ0n) is 10.8. The Morgan fingerprint density at radius 2 is 1.90 bits per heavy atom. The Kier molecular flexibility index (Phi) is 3.20. The molecule has 0 radical (unpaired) electrons. The Hall–Kier alpha value is -2.26. The number of ether oxygens (including phenoxy) is 1. The van der Waals surface area contributed by atoms with Crippen molar-refractivity contribution in [3.8, 4) is 11.4 Å². The van der Waals surface area contributed by atoms with E-state index in [1.54, 1.807) is 7.11 Å². The smallest absolute Gasteiger partial charge is 0.153 e. The summed E-state index contributed by atoms with van der Waals surface area (Å²) in [5, 5.41) is 1.23. The minimum atomic E-state index is 0.412. The number of hydrogen-bond donors (Lipinski definition) is 0. The van der Waals surface area contributed by atoms with Crippen LogP contribution in [0, 0.1) is 0 Å². The molecule has 0 fully saturated rings. The van der Waals surface area contributed by atoms with Crippen molar-refractivity contribution in [2.45, 2.75) is 0 Å². The molecular weight excluding hydrogens is 274 g/mol. The Balaban J connectivity index is 2.40. The highest BCUT2D eigenvalue weighted by atomic mass is 35.5. The average Bonchev–Trinajstić information content (AvgIpc) is 2.78. The molecule has 0 amide bonds. The molecule has 0 atom stereocenters. The van der Waals surface area contributed by atoms with Crippen LogP contribution in [-0.2, 0) is 0 Å². The predicted molar refractivity (Wildman–Crippen MR) is 80.2 cm³/mol. The maximum absolute atomic E-state index is 11.3. The second-order valence-corrected chi connectivity index (χ2v) is 4.73. The number of nitrogens with zero attached hydrogens (tertiary/aromatic N) is 1. The Bertz CT molecular complexity index is 778. The van der Waals surface area contributed by atoms with E-state index in [9.17, 15) is 4.79 Å². The largest absolute Gasteiger partial charge is 0.497 e. The molecule has 0 saturated heterocycles. The van der Waals surface area contributed by atoms with Crippen molar-refractivity contribution in [3.63, 3.8) is 0 Å². The van der Waals surface area contributed by atoms with Gasteiger partial charge in [0.05, 0.1) is 18.2 Å². The lowest BCUT2D eigenvalue weighted by atomic mass is 10.2. The van der Waals surface area contributed by atoms with Crippen LogP contribution in [0.1, 0.15) is 10.4 Å². The number of carbonyl (C=O) groups is 1. The molecule has 0 unspecified atom stereocenters. The monoisotopic (exact) mass is 285 g/mol. The van der Waals surface area contributed by atoms with E-state index in [2.05, 4.69) is 0 Å². The number of rotatable bonds is 3. The van der Waals surface area contributed by atoms with Gasteiger partial charge in [0.25, 0.3) is 0 Å². The molecule has 0 N–H and O–H groups in total. The van der Waals surface area contributed by atoms with E-state index in [4.69, 9.17) is 16.3 Å². The van der Waals surface area contributed by atoms with Gasteiger partial charge in [0.1, 0.15) is 10.9 Å². The normalized spacial score (nSPS) is 10.7. The molecule has 1 heterocycles. The van der Waals surface area contributed by atoms with Gasteiger partial charge in [-0.05, 0) is 24.3 Å². The molecule has 0 aliphatic heterocycles. The third-order valence-corrected chi connectivity index (χ3v) is 3.66. The average molecular weight is 286 g/mol. The zero-order valence-corrected chi connectivity index (χ0v) is 11.6. The number of fused-ring (bicyclic) bond motifs is 1. The summed E-state index contributed by atoms with van der Waals surface area (Å²) >= 11 is 6.37. The highest BCUT2D eigenvalue weighted by Gasteiger charge is 2.16. The fourth-order valence-electron chi connectivity index (χ4n) is 2.33. The van der Waals surface area contributed by atoms with Crippen molar-refractivity contribution in [3.05, 3.63) is 59.2 Å². The highest BCUT2D eigenvalue weighted by molar-refractivity contribution is 6.34. The number of aromatic nitrogens is 1. The molecule has 3 rings (SSSR count). The molecule has 1 aromatic heterocycles. The van der Waals surface area contributed by atoms with E-state index in [0.29, 0.717) is 10.7 Å². The number of para-hydroxylation sites is 1. The number of benzene rings is 2. The van der Waals surface area contributed by atoms with E-state index in [0.717, 1.165) is 28.6 Å². The Morgan fingerprint density at radius 1 is 1.15 bits per heavy atom. The van der Waals surface area contributed by atoms with Crippen LogP contribution in [0.3, 0.4) is 0 Å². The summed E-state index contributed by atoms with van der Waals surface area (Å²) in [7, 11) is 1.61. The van der Waals surface area contributed by atoms with Crippen LogP contribution < -0.4 is 4.74 Å². The summed E-state index contributed by atoms with van der Waals surface area (Å²) in [4.78, 5) is 11.3. The number of hydrogen-bond acceptors (Lipinski definition) is 2. The SMILES string of the molecule is COc1ccc2c(C=O)c(Cl)n(-c3ccccc3)c2c1. The maximum atomic E-state index is 11.3. The van der Waals surface area contributed by atoms with Crippen molar-refractivity contribution in [1.29, 1.82) is 0 Å². The van der Waals surface area contributed by atoms with Gasteiger partial charge >= 0.3 is 0 Å². The lowest BCUT2D eigenvalue weighted by Gasteiger charge is -2.07. The van der Waals surface area contributed by atoms with Crippen LogP contribution in [0.5, 0.6) is 5.75 Å². The van der Waals surface area contributed by atoms with Gasteiger partial charge in [-0.1, -0.05) is 29.8 Å². The molecule has 2 aromatic carbocycles. The molecule has 100 valence electrons. The van der Waals surface area contributed by atoms with Crippen molar-refractivity contribution < 1.29 is 9.53 Å². The molecular formula is C16H12ClNO2. The van der Waals surface area contributed by atoms with E-state index < -0.39 is 0 Å². The predicted octanol–water partition coefficient (Wildman–Crippen LogP) is 4.11. The number of aldehydes is 1. The second-order valence-electron chi connectivity index (χ2n) is 4.38. The summed E-state index contributed by atoms with van der Waals surface area (Å²) < 4.78 is 7.10. The summed E-state index contributed by atoms with van der Waals surface area (Å²) in [6.07, 6.45) is 0.788. The van der Waals surface area contributed by atoms with Gasteiger partial charge in [0, 0.05) is 17.1 Å². The van der Waals surface area contributed by atoms with Crippen LogP contribution >= 0.6 is 11.6 Å². The third kappa shape index (κ3) is 1.87. The lowest BCUT2D eigenvalue weighted by Crippen LogP contribution is -1.94. The van der Waals surface area contributed by atoms with Crippen molar-refractivity contribution >= 4 is 28.8 Å². The van der Waals surface area contributed by atoms with Crippen molar-refractivity contribution in [2.24, 2.45) is 0 Å². The molecule has 0 aliphatic carbocycles. The topological polar surface area (TPSA) is 31.2 Å². The molecule has 3 nitrogen and oxygen atoms in total. The first-order valence-electron chi connectivity index (χ1n) is 6.15. The summed E-state index contributed by atoms with van der Waals surface area (Å²) in [6, 6.07) is 15.2. The van der Waals surface area contributed by atoms with Crippen LogP contribution in [0.25, 0.3) is 16.6 Å². The Labute approximate surface area is 121 Å². The van der Waals surface area contributed by atoms with Crippen LogP contribution in [-0.4, -0.2) is 18.0 Å². The van der Waals surface area contributed by atoms with Gasteiger partial charge in [-0.3, -0.25) is 9.36 Å². The van der Waals surface area contributed by atoms with E-state index in [1.807, 2.05) is 53.1 Å². The minimum Gasteiger partial charge on any atom is -0.497 e. The molecule has 4 heteroatoms. The third-order valence-electron chi connectivity index (χ3n) is 3.29. The molecule has 0 spiro atoms. The maximum Gasteiger partial charge on any atom is 0.153 e. The number of methoxy groups -OCH3 is 1. The fourth-order valence-corrected chi connectivity index (χ4v) is 2.67. The van der Waals surface area contributed by atoms with Gasteiger partial charge in [-0.15, -0.1) is 0 Å². The highest BCUT2D eigenvalue weighted by Crippen LogP contribution is 2.33. The van der Waals surface area contributed by atoms with E-state index >= 15 is 0 Å². The van der Waals surface area contributed by atoms with Crippen LogP contribution in [0.2, 0.25) is 5.15 Å². The van der Waals surface area contributed by atoms with Gasteiger partial charge < -0.3 is 4.74 Å². The molecule has 20 heavy (non-hydrogen) atoms. The lowest BCUT2D eigenvalue weighted by molar-refractivity contribution is 0.112. The number of halogens is 1. The van der Waals surface area contributed by atoms with Crippen molar-refractivity contribution in [1.82, 2.24) is 4.57 Å². The van der Waals surface area contributed by atoms with E-state index in [1.165, 1.54) is 0 Å². The fraction of sp³-hybridized carbons (Fsp3) is 0.0625. The molecule has 3 aromatic rings. The molecule has 0 aliphatic rings. The van der Waals surface area contributed by atoms with Crippen LogP contribution in [0.4, 0.5) is 0 Å². The van der Waals surface area contributed by atoms with Crippen LogP contribution in [0.15, 0.2) is 48.5 Å².